The van der Waals surface area contributed by atoms with Crippen molar-refractivity contribution in [2.24, 2.45) is 0 Å². The first kappa shape index (κ1) is 26.3. The fourth-order valence-corrected chi connectivity index (χ4v) is 6.38. The van der Waals surface area contributed by atoms with Crippen molar-refractivity contribution in [3.63, 3.8) is 0 Å². The van der Waals surface area contributed by atoms with Crippen LogP contribution in [0.15, 0.2) is 83.8 Å². The van der Waals surface area contributed by atoms with Gasteiger partial charge in [0.15, 0.2) is 0 Å². The Morgan fingerprint density at radius 1 is 0.842 bits per heavy atom. The maximum atomic E-state index is 13.3. The van der Waals surface area contributed by atoms with Crippen molar-refractivity contribution in [2.75, 3.05) is 31.5 Å². The number of nitrogens with one attached hydrogen (secondary N) is 1. The number of nitrogens with zero attached hydrogens (tertiary/aromatic N) is 4. The highest BCUT2D eigenvalue weighted by Gasteiger charge is 2.31. The number of hydrogen-bond acceptors (Lipinski definition) is 6. The highest BCUT2D eigenvalue weighted by atomic mass is 32.2. The quantitative estimate of drug-likeness (QED) is 0.319. The summed E-state index contributed by atoms with van der Waals surface area (Å²) in [6.07, 6.45) is 2.00. The van der Waals surface area contributed by atoms with E-state index in [1.165, 1.54) is 5.56 Å². The summed E-state index contributed by atoms with van der Waals surface area (Å²) in [5, 5.41) is 4.49. The van der Waals surface area contributed by atoms with Crippen LogP contribution in [0.2, 0.25) is 0 Å². The molecule has 1 aliphatic heterocycles. The first-order chi connectivity index (χ1) is 18.5. The van der Waals surface area contributed by atoms with Gasteiger partial charge in [-0.1, -0.05) is 67.9 Å². The number of rotatable bonds is 9. The Morgan fingerprint density at radius 3 is 2.24 bits per heavy atom. The molecule has 7 nitrogen and oxygen atoms in total. The molecule has 2 heterocycles. The second-order valence-corrected chi connectivity index (χ2v) is 11.7. The van der Waals surface area contributed by atoms with E-state index in [1.807, 2.05) is 54.6 Å². The molecule has 4 aromatic rings. The van der Waals surface area contributed by atoms with E-state index in [0.717, 1.165) is 41.0 Å². The summed E-state index contributed by atoms with van der Waals surface area (Å²) in [5.74, 6) is 1.55. The number of anilines is 1. The van der Waals surface area contributed by atoms with Gasteiger partial charge in [-0.25, -0.2) is 18.4 Å². The third-order valence-corrected chi connectivity index (χ3v) is 9.13. The van der Waals surface area contributed by atoms with Crippen molar-refractivity contribution in [2.45, 2.75) is 44.2 Å². The Balaban J connectivity index is 1.29. The van der Waals surface area contributed by atoms with Crippen LogP contribution in [0.3, 0.4) is 0 Å². The summed E-state index contributed by atoms with van der Waals surface area (Å²) >= 11 is 0. The first-order valence-corrected chi connectivity index (χ1v) is 14.8. The number of aryl methyl sites for hydroxylation is 1. The molecule has 3 aromatic carbocycles. The molecule has 8 heteroatoms. The van der Waals surface area contributed by atoms with E-state index in [4.69, 9.17) is 9.97 Å². The average molecular weight is 530 g/mol. The molecule has 0 bridgehead atoms. The minimum absolute atomic E-state index is 0.0462. The molecule has 1 aromatic heterocycles. The fraction of sp³-hybridized carbons (Fsp3) is 0.333. The van der Waals surface area contributed by atoms with Gasteiger partial charge < -0.3 is 5.32 Å². The van der Waals surface area contributed by atoms with E-state index >= 15 is 0 Å². The predicted octanol–water partition coefficient (Wildman–Crippen LogP) is 5.26. The summed E-state index contributed by atoms with van der Waals surface area (Å²) in [6.45, 7) is 7.02. The lowest BCUT2D eigenvalue weighted by Crippen LogP contribution is -2.49. The molecular weight excluding hydrogens is 494 g/mol. The van der Waals surface area contributed by atoms with Gasteiger partial charge in [-0.2, -0.15) is 4.31 Å². The molecule has 38 heavy (non-hydrogen) atoms. The van der Waals surface area contributed by atoms with Crippen LogP contribution in [0.4, 0.5) is 5.82 Å². The van der Waals surface area contributed by atoms with Crippen molar-refractivity contribution < 1.29 is 8.42 Å². The molecule has 0 radical (unpaired) electrons. The third kappa shape index (κ3) is 5.72. The van der Waals surface area contributed by atoms with Crippen molar-refractivity contribution in [1.29, 1.82) is 0 Å². The molecule has 5 rings (SSSR count). The number of piperazine rings is 1. The summed E-state index contributed by atoms with van der Waals surface area (Å²) in [5.41, 5.74) is 3.24. The fourth-order valence-electron chi connectivity index (χ4n) is 4.96. The lowest BCUT2D eigenvalue weighted by molar-refractivity contribution is 0.141. The number of benzene rings is 3. The zero-order valence-electron chi connectivity index (χ0n) is 22.0. The van der Waals surface area contributed by atoms with Crippen LogP contribution < -0.4 is 5.32 Å². The monoisotopic (exact) mass is 529 g/mol. The Labute approximate surface area is 225 Å². The van der Waals surface area contributed by atoms with Crippen LogP contribution in [0.5, 0.6) is 0 Å². The van der Waals surface area contributed by atoms with Crippen molar-refractivity contribution in [3.05, 3.63) is 95.8 Å². The lowest BCUT2D eigenvalue weighted by Gasteiger charge is -2.37. The Hall–Kier alpha value is -3.33. The molecule has 1 N–H and O–H groups in total. The van der Waals surface area contributed by atoms with E-state index in [-0.39, 0.29) is 6.04 Å². The number of fused-ring (bicyclic) bond motifs is 1. The molecule has 198 valence electrons. The van der Waals surface area contributed by atoms with Crippen LogP contribution in [-0.4, -0.2) is 53.8 Å². The van der Waals surface area contributed by atoms with Gasteiger partial charge in [0.05, 0.1) is 16.5 Å². The zero-order chi connectivity index (χ0) is 26.5. The molecule has 0 saturated carbocycles. The largest absolute Gasteiger partial charge is 0.365 e. The predicted molar refractivity (Wildman–Crippen MR) is 152 cm³/mol. The molecule has 1 aliphatic rings. The lowest BCUT2D eigenvalue weighted by atomic mass is 10.1. The third-order valence-electron chi connectivity index (χ3n) is 7.22. The summed E-state index contributed by atoms with van der Waals surface area (Å²) in [4.78, 5) is 12.4. The van der Waals surface area contributed by atoms with Gasteiger partial charge in [-0.05, 0) is 48.7 Å². The highest BCUT2D eigenvalue weighted by molar-refractivity contribution is 7.89. The average Bonchev–Trinajstić information content (AvgIpc) is 2.96. The van der Waals surface area contributed by atoms with Gasteiger partial charge in [0.1, 0.15) is 11.6 Å². The van der Waals surface area contributed by atoms with Gasteiger partial charge in [0.25, 0.3) is 0 Å². The maximum absolute atomic E-state index is 13.3. The van der Waals surface area contributed by atoms with Crippen LogP contribution >= 0.6 is 0 Å². The number of aromatic nitrogens is 2. The van der Waals surface area contributed by atoms with E-state index in [9.17, 15) is 8.42 Å². The summed E-state index contributed by atoms with van der Waals surface area (Å²) < 4.78 is 28.1. The summed E-state index contributed by atoms with van der Waals surface area (Å²) in [6, 6.07) is 25.6. The second kappa shape index (κ2) is 11.6. The van der Waals surface area contributed by atoms with Crippen molar-refractivity contribution in [3.8, 4) is 0 Å². The molecule has 0 aliphatic carbocycles. The molecular formula is C30H35N5O2S. The van der Waals surface area contributed by atoms with E-state index in [2.05, 4.69) is 36.2 Å². The van der Waals surface area contributed by atoms with Crippen molar-refractivity contribution in [1.82, 2.24) is 19.2 Å². The maximum Gasteiger partial charge on any atom is 0.243 e. The molecule has 1 unspecified atom stereocenters. The molecule has 1 fully saturated rings. The topological polar surface area (TPSA) is 78.4 Å². The SMILES string of the molecule is CCCc1ccc(S(=O)(=O)N2CCN(C(C)c3nc(NCc4ccccc4)c4ccccc4n3)CC2)cc1. The zero-order valence-corrected chi connectivity index (χ0v) is 22.9. The van der Waals surface area contributed by atoms with Gasteiger partial charge in [0, 0.05) is 38.1 Å². The minimum atomic E-state index is -3.51. The van der Waals surface area contributed by atoms with Crippen molar-refractivity contribution >= 4 is 26.7 Å². The minimum Gasteiger partial charge on any atom is -0.365 e. The van der Waals surface area contributed by atoms with Crippen LogP contribution in [0, 0.1) is 0 Å². The summed E-state index contributed by atoms with van der Waals surface area (Å²) in [7, 11) is -3.51. The Kier molecular flexibility index (Phi) is 8.02. The Morgan fingerprint density at radius 2 is 1.53 bits per heavy atom. The van der Waals surface area contributed by atoms with Crippen LogP contribution in [0.25, 0.3) is 10.9 Å². The number of sulfonamides is 1. The van der Waals surface area contributed by atoms with E-state index in [1.54, 1.807) is 16.4 Å². The van der Waals surface area contributed by atoms with E-state index < -0.39 is 10.0 Å². The molecule has 0 amide bonds. The standard InChI is InChI=1S/C30H35N5O2S/c1-3-9-24-14-16-26(17-15-24)38(36,37)35-20-18-34(19-21-35)23(2)29-32-28-13-8-7-12-27(28)30(33-29)31-22-25-10-5-4-6-11-25/h4-8,10-17,23H,3,9,18-22H2,1-2H3,(H,31,32,33). The van der Waals surface area contributed by atoms with Crippen LogP contribution in [-0.2, 0) is 23.0 Å². The van der Waals surface area contributed by atoms with Gasteiger partial charge >= 0.3 is 0 Å². The van der Waals surface area contributed by atoms with Gasteiger partial charge in [-0.3, -0.25) is 4.90 Å². The van der Waals surface area contributed by atoms with Gasteiger partial charge in [0.2, 0.25) is 10.0 Å². The molecule has 1 saturated heterocycles. The van der Waals surface area contributed by atoms with Gasteiger partial charge in [-0.15, -0.1) is 0 Å². The van der Waals surface area contributed by atoms with E-state index in [0.29, 0.717) is 37.6 Å². The smallest absolute Gasteiger partial charge is 0.243 e. The normalized spacial score (nSPS) is 15.9. The second-order valence-electron chi connectivity index (χ2n) is 9.80. The molecule has 1 atom stereocenters. The molecule has 0 spiro atoms. The highest BCUT2D eigenvalue weighted by Crippen LogP contribution is 2.27. The first-order valence-electron chi connectivity index (χ1n) is 13.3. The number of hydrogen-bond donors (Lipinski definition) is 1. The Bertz CT molecular complexity index is 1470. The number of para-hydroxylation sites is 1. The van der Waals surface area contributed by atoms with Crippen LogP contribution in [0.1, 0.15) is 43.3 Å².